The molecule has 17 heavy (non-hydrogen) atoms. The fourth-order valence-corrected chi connectivity index (χ4v) is 1.84. The van der Waals surface area contributed by atoms with E-state index in [2.05, 4.69) is 22.2 Å². The number of rotatable bonds is 5. The van der Waals surface area contributed by atoms with Crippen LogP contribution in [0.2, 0.25) is 0 Å². The van der Waals surface area contributed by atoms with Crippen LogP contribution in [-0.2, 0) is 13.1 Å². The van der Waals surface area contributed by atoms with E-state index in [1.54, 1.807) is 12.5 Å². The lowest BCUT2D eigenvalue weighted by atomic mass is 10.2. The Hall–Kier alpha value is -1.81. The zero-order chi connectivity index (χ0) is 12.1. The summed E-state index contributed by atoms with van der Waals surface area (Å²) in [6.45, 7) is 1.66. The highest BCUT2D eigenvalue weighted by molar-refractivity contribution is 5.51. The Morgan fingerprint density at radius 3 is 3.00 bits per heavy atom. The van der Waals surface area contributed by atoms with E-state index in [1.807, 2.05) is 31.6 Å². The van der Waals surface area contributed by atoms with Crippen LogP contribution in [-0.4, -0.2) is 19.1 Å². The van der Waals surface area contributed by atoms with Gasteiger partial charge in [0.1, 0.15) is 0 Å². The van der Waals surface area contributed by atoms with Gasteiger partial charge < -0.3 is 14.6 Å². The summed E-state index contributed by atoms with van der Waals surface area (Å²) >= 11 is 0. The third-order valence-electron chi connectivity index (χ3n) is 2.67. The summed E-state index contributed by atoms with van der Waals surface area (Å²) in [5.41, 5.74) is 3.54. The molecular formula is C13H17N3O. The molecule has 0 spiro atoms. The molecule has 0 unspecified atom stereocenters. The van der Waals surface area contributed by atoms with Crippen LogP contribution in [0, 0.1) is 0 Å². The molecule has 2 aromatic rings. The molecule has 2 heterocycles. The van der Waals surface area contributed by atoms with Crippen molar-refractivity contribution >= 4 is 5.69 Å². The average molecular weight is 231 g/mol. The van der Waals surface area contributed by atoms with Gasteiger partial charge in [-0.2, -0.15) is 0 Å². The third-order valence-corrected chi connectivity index (χ3v) is 2.67. The third kappa shape index (κ3) is 2.85. The van der Waals surface area contributed by atoms with Crippen molar-refractivity contribution in [1.29, 1.82) is 0 Å². The van der Waals surface area contributed by atoms with Gasteiger partial charge in [-0.15, -0.1) is 0 Å². The van der Waals surface area contributed by atoms with E-state index in [0.717, 1.165) is 24.3 Å². The van der Waals surface area contributed by atoms with Crippen molar-refractivity contribution in [2.45, 2.75) is 13.1 Å². The van der Waals surface area contributed by atoms with Crippen LogP contribution in [0.5, 0.6) is 0 Å². The van der Waals surface area contributed by atoms with Gasteiger partial charge in [0.2, 0.25) is 0 Å². The Bertz CT molecular complexity index is 453. The van der Waals surface area contributed by atoms with Crippen LogP contribution < -0.4 is 10.2 Å². The number of hydrogen-bond donors (Lipinski definition) is 1. The second-order valence-corrected chi connectivity index (χ2v) is 4.02. The molecule has 0 aliphatic rings. The predicted octanol–water partition coefficient (Wildman–Crippen LogP) is 2.03. The number of aromatic nitrogens is 1. The summed E-state index contributed by atoms with van der Waals surface area (Å²) in [6.07, 6.45) is 7.18. The largest absolute Gasteiger partial charge is 0.472 e. The van der Waals surface area contributed by atoms with E-state index < -0.39 is 0 Å². The van der Waals surface area contributed by atoms with Crippen LogP contribution in [0.3, 0.4) is 0 Å². The van der Waals surface area contributed by atoms with Crippen LogP contribution in [0.25, 0.3) is 0 Å². The van der Waals surface area contributed by atoms with Gasteiger partial charge in [0, 0.05) is 31.9 Å². The van der Waals surface area contributed by atoms with Crippen molar-refractivity contribution in [2.24, 2.45) is 0 Å². The Labute approximate surface area is 101 Å². The first kappa shape index (κ1) is 11.7. The van der Waals surface area contributed by atoms with Gasteiger partial charge in [-0.25, -0.2) is 0 Å². The number of anilines is 1. The van der Waals surface area contributed by atoms with Gasteiger partial charge in [-0.3, -0.25) is 4.98 Å². The van der Waals surface area contributed by atoms with Crippen molar-refractivity contribution < 1.29 is 4.42 Å². The molecule has 0 aliphatic heterocycles. The summed E-state index contributed by atoms with van der Waals surface area (Å²) in [7, 11) is 4.00. The van der Waals surface area contributed by atoms with Crippen LogP contribution >= 0.6 is 0 Å². The lowest BCUT2D eigenvalue weighted by Crippen LogP contribution is -2.19. The van der Waals surface area contributed by atoms with E-state index >= 15 is 0 Å². The van der Waals surface area contributed by atoms with Gasteiger partial charge >= 0.3 is 0 Å². The molecule has 90 valence electrons. The zero-order valence-corrected chi connectivity index (χ0v) is 10.2. The molecule has 0 aliphatic carbocycles. The van der Waals surface area contributed by atoms with E-state index in [9.17, 15) is 0 Å². The Morgan fingerprint density at radius 2 is 2.29 bits per heavy atom. The molecule has 0 bridgehead atoms. The fourth-order valence-electron chi connectivity index (χ4n) is 1.84. The molecule has 4 nitrogen and oxygen atoms in total. The standard InChI is InChI=1S/C13H17N3O/c1-14-7-12-3-5-15-8-13(12)16(2)9-11-4-6-17-10-11/h3-6,8,10,14H,7,9H2,1-2H3. The van der Waals surface area contributed by atoms with Crippen molar-refractivity contribution in [2.75, 3.05) is 19.0 Å². The highest BCUT2D eigenvalue weighted by Gasteiger charge is 2.08. The summed E-state index contributed by atoms with van der Waals surface area (Å²) < 4.78 is 5.07. The Balaban J connectivity index is 2.15. The van der Waals surface area contributed by atoms with Crippen molar-refractivity contribution in [1.82, 2.24) is 10.3 Å². The predicted molar refractivity (Wildman–Crippen MR) is 67.8 cm³/mol. The Morgan fingerprint density at radius 1 is 1.41 bits per heavy atom. The number of pyridine rings is 1. The minimum absolute atomic E-state index is 0.818. The van der Waals surface area contributed by atoms with E-state index in [4.69, 9.17) is 4.42 Å². The molecule has 0 radical (unpaired) electrons. The molecule has 0 aromatic carbocycles. The lowest BCUT2D eigenvalue weighted by Gasteiger charge is -2.21. The number of furan rings is 1. The van der Waals surface area contributed by atoms with Crippen LogP contribution in [0.1, 0.15) is 11.1 Å². The first-order valence-corrected chi connectivity index (χ1v) is 5.61. The molecule has 0 saturated carbocycles. The van der Waals surface area contributed by atoms with Gasteiger partial charge in [0.05, 0.1) is 24.4 Å². The second-order valence-electron chi connectivity index (χ2n) is 4.02. The van der Waals surface area contributed by atoms with Gasteiger partial charge in [0.15, 0.2) is 0 Å². The normalized spacial score (nSPS) is 10.5. The summed E-state index contributed by atoms with van der Waals surface area (Å²) in [5.74, 6) is 0. The molecular weight excluding hydrogens is 214 g/mol. The molecule has 2 aromatic heterocycles. The average Bonchev–Trinajstić information content (AvgIpc) is 2.83. The highest BCUT2D eigenvalue weighted by Crippen LogP contribution is 2.19. The fraction of sp³-hybridized carbons (Fsp3) is 0.308. The van der Waals surface area contributed by atoms with Crippen molar-refractivity contribution in [3.8, 4) is 0 Å². The monoisotopic (exact) mass is 231 g/mol. The highest BCUT2D eigenvalue weighted by atomic mass is 16.3. The lowest BCUT2D eigenvalue weighted by molar-refractivity contribution is 0.563. The van der Waals surface area contributed by atoms with E-state index in [1.165, 1.54) is 5.56 Å². The molecule has 0 saturated heterocycles. The minimum atomic E-state index is 0.818. The number of hydrogen-bond acceptors (Lipinski definition) is 4. The molecule has 0 amide bonds. The van der Waals surface area contributed by atoms with Crippen molar-refractivity contribution in [3.05, 3.63) is 48.2 Å². The maximum absolute atomic E-state index is 5.07. The SMILES string of the molecule is CNCc1ccncc1N(C)Cc1ccoc1. The summed E-state index contributed by atoms with van der Waals surface area (Å²) in [4.78, 5) is 6.36. The summed E-state index contributed by atoms with van der Waals surface area (Å²) in [5, 5.41) is 3.17. The van der Waals surface area contributed by atoms with Crippen LogP contribution in [0.15, 0.2) is 41.5 Å². The van der Waals surface area contributed by atoms with E-state index in [-0.39, 0.29) is 0 Å². The molecule has 1 N–H and O–H groups in total. The Kier molecular flexibility index (Phi) is 3.77. The molecule has 0 atom stereocenters. The number of nitrogens with zero attached hydrogens (tertiary/aromatic N) is 2. The molecule has 2 rings (SSSR count). The molecule has 0 fully saturated rings. The summed E-state index contributed by atoms with van der Waals surface area (Å²) in [6, 6.07) is 4.02. The first-order valence-electron chi connectivity index (χ1n) is 5.61. The van der Waals surface area contributed by atoms with Gasteiger partial charge in [0.25, 0.3) is 0 Å². The molecule has 4 heteroatoms. The topological polar surface area (TPSA) is 41.3 Å². The quantitative estimate of drug-likeness (QED) is 0.855. The van der Waals surface area contributed by atoms with E-state index in [0.29, 0.717) is 0 Å². The van der Waals surface area contributed by atoms with Gasteiger partial charge in [-0.05, 0) is 24.7 Å². The van der Waals surface area contributed by atoms with Gasteiger partial charge in [-0.1, -0.05) is 0 Å². The maximum Gasteiger partial charge on any atom is 0.0952 e. The number of nitrogens with one attached hydrogen (secondary N) is 1. The van der Waals surface area contributed by atoms with Crippen LogP contribution in [0.4, 0.5) is 5.69 Å². The maximum atomic E-state index is 5.07. The smallest absolute Gasteiger partial charge is 0.0952 e. The second kappa shape index (κ2) is 5.50. The van der Waals surface area contributed by atoms with Crippen molar-refractivity contribution in [3.63, 3.8) is 0 Å². The zero-order valence-electron chi connectivity index (χ0n) is 10.2. The minimum Gasteiger partial charge on any atom is -0.472 e. The first-order chi connectivity index (χ1) is 8.31.